The van der Waals surface area contributed by atoms with Crippen molar-refractivity contribution < 1.29 is 0 Å². The number of pyridine rings is 1. The summed E-state index contributed by atoms with van der Waals surface area (Å²) in [7, 11) is 2.02. The molecule has 148 valence electrons. The number of thioether (sulfide) groups is 1. The fourth-order valence-electron chi connectivity index (χ4n) is 3.43. The van der Waals surface area contributed by atoms with Crippen molar-refractivity contribution in [1.82, 2.24) is 19.7 Å². The highest BCUT2D eigenvalue weighted by molar-refractivity contribution is 7.98. The largest absolute Gasteiger partial charge is 0.372 e. The van der Waals surface area contributed by atoms with Crippen LogP contribution in [0.15, 0.2) is 65.8 Å². The van der Waals surface area contributed by atoms with E-state index in [0.29, 0.717) is 0 Å². The van der Waals surface area contributed by atoms with E-state index in [1.165, 1.54) is 5.69 Å². The fourth-order valence-corrected chi connectivity index (χ4v) is 4.25. The summed E-state index contributed by atoms with van der Waals surface area (Å²) in [5.41, 5.74) is 4.38. The van der Waals surface area contributed by atoms with Crippen LogP contribution in [0.25, 0.3) is 22.3 Å². The molecule has 0 saturated heterocycles. The summed E-state index contributed by atoms with van der Waals surface area (Å²) in [6.45, 7) is 6.36. The van der Waals surface area contributed by atoms with Crippen molar-refractivity contribution in [3.63, 3.8) is 0 Å². The van der Waals surface area contributed by atoms with Crippen molar-refractivity contribution in [1.29, 1.82) is 0 Å². The standard InChI is InChI=1S/C23H25N5S/c1-4-28(5-2)20-14-11-18(12-15-20)22-25-26-23(27(22)3)29-16-19-13-10-17-8-6-7-9-21(17)24-19/h6-15H,4-5,16H2,1-3H3. The Morgan fingerprint density at radius 2 is 1.66 bits per heavy atom. The Morgan fingerprint density at radius 1 is 0.897 bits per heavy atom. The van der Waals surface area contributed by atoms with Crippen LogP contribution < -0.4 is 4.90 Å². The molecule has 0 aliphatic rings. The molecule has 6 heteroatoms. The summed E-state index contributed by atoms with van der Waals surface area (Å²) in [4.78, 5) is 7.08. The smallest absolute Gasteiger partial charge is 0.191 e. The first-order valence-electron chi connectivity index (χ1n) is 9.91. The number of aromatic nitrogens is 4. The van der Waals surface area contributed by atoms with Crippen LogP contribution in [0.1, 0.15) is 19.5 Å². The van der Waals surface area contributed by atoms with Gasteiger partial charge < -0.3 is 9.47 Å². The van der Waals surface area contributed by atoms with Crippen LogP contribution in [0.5, 0.6) is 0 Å². The molecular formula is C23H25N5S. The summed E-state index contributed by atoms with van der Waals surface area (Å²) < 4.78 is 2.05. The Labute approximate surface area is 175 Å². The van der Waals surface area contributed by atoms with E-state index in [9.17, 15) is 0 Å². The van der Waals surface area contributed by atoms with Gasteiger partial charge in [0.25, 0.3) is 0 Å². The van der Waals surface area contributed by atoms with Gasteiger partial charge in [-0.3, -0.25) is 4.98 Å². The lowest BCUT2D eigenvalue weighted by Gasteiger charge is -2.21. The molecule has 0 amide bonds. The van der Waals surface area contributed by atoms with E-state index in [4.69, 9.17) is 4.98 Å². The van der Waals surface area contributed by atoms with Crippen LogP contribution >= 0.6 is 11.8 Å². The summed E-state index contributed by atoms with van der Waals surface area (Å²) >= 11 is 1.66. The zero-order valence-corrected chi connectivity index (χ0v) is 17.9. The molecule has 0 saturated carbocycles. The lowest BCUT2D eigenvalue weighted by atomic mass is 10.2. The maximum atomic E-state index is 4.74. The monoisotopic (exact) mass is 403 g/mol. The quantitative estimate of drug-likeness (QED) is 0.399. The molecule has 5 nitrogen and oxygen atoms in total. The van der Waals surface area contributed by atoms with Crippen molar-refractivity contribution in [2.45, 2.75) is 24.8 Å². The first kappa shape index (κ1) is 19.5. The molecule has 29 heavy (non-hydrogen) atoms. The van der Waals surface area contributed by atoms with Crippen molar-refractivity contribution in [2.24, 2.45) is 7.05 Å². The van der Waals surface area contributed by atoms with Crippen LogP contribution in [0.2, 0.25) is 0 Å². The Kier molecular flexibility index (Phi) is 5.81. The van der Waals surface area contributed by atoms with E-state index < -0.39 is 0 Å². The lowest BCUT2D eigenvalue weighted by Crippen LogP contribution is -2.21. The number of fused-ring (bicyclic) bond motifs is 1. The second-order valence-electron chi connectivity index (χ2n) is 6.87. The number of rotatable bonds is 7. The first-order chi connectivity index (χ1) is 14.2. The SMILES string of the molecule is CCN(CC)c1ccc(-c2nnc(SCc3ccc4ccccc4n3)n2C)cc1. The van der Waals surface area contributed by atoms with Gasteiger partial charge in [0.05, 0.1) is 11.2 Å². The molecule has 0 aliphatic heterocycles. The van der Waals surface area contributed by atoms with Crippen molar-refractivity contribution in [2.75, 3.05) is 18.0 Å². The lowest BCUT2D eigenvalue weighted by molar-refractivity contribution is 0.793. The van der Waals surface area contributed by atoms with Crippen LogP contribution in [0.4, 0.5) is 5.69 Å². The van der Waals surface area contributed by atoms with Gasteiger partial charge in [0.1, 0.15) is 0 Å². The van der Waals surface area contributed by atoms with Gasteiger partial charge in [0.2, 0.25) is 0 Å². The van der Waals surface area contributed by atoms with Crippen LogP contribution in [0, 0.1) is 0 Å². The third-order valence-electron chi connectivity index (χ3n) is 5.09. The van der Waals surface area contributed by atoms with Gasteiger partial charge in [-0.05, 0) is 50.2 Å². The van der Waals surface area contributed by atoms with E-state index >= 15 is 0 Å². The van der Waals surface area contributed by atoms with Gasteiger partial charge in [-0.1, -0.05) is 36.0 Å². The molecule has 0 aliphatic carbocycles. The number of hydrogen-bond acceptors (Lipinski definition) is 5. The second-order valence-corrected chi connectivity index (χ2v) is 7.81. The minimum Gasteiger partial charge on any atom is -0.372 e. The van der Waals surface area contributed by atoms with Crippen molar-refractivity contribution in [3.05, 3.63) is 66.4 Å². The number of hydrogen-bond donors (Lipinski definition) is 0. The van der Waals surface area contributed by atoms with Gasteiger partial charge in [-0.2, -0.15) is 0 Å². The van der Waals surface area contributed by atoms with Gasteiger partial charge >= 0.3 is 0 Å². The molecule has 0 unspecified atom stereocenters. The van der Waals surface area contributed by atoms with Crippen LogP contribution in [-0.4, -0.2) is 32.8 Å². The molecule has 2 aromatic heterocycles. The third kappa shape index (κ3) is 4.12. The number of anilines is 1. The zero-order chi connectivity index (χ0) is 20.2. The Hall–Kier alpha value is -2.86. The maximum absolute atomic E-state index is 4.74. The highest BCUT2D eigenvalue weighted by atomic mass is 32.2. The van der Waals surface area contributed by atoms with Crippen LogP contribution in [-0.2, 0) is 12.8 Å². The van der Waals surface area contributed by atoms with Crippen LogP contribution in [0.3, 0.4) is 0 Å². The molecule has 0 atom stereocenters. The molecule has 2 aromatic carbocycles. The average molecular weight is 404 g/mol. The normalized spacial score (nSPS) is 11.1. The van der Waals surface area contributed by atoms with E-state index in [2.05, 4.69) is 76.0 Å². The molecule has 0 bridgehead atoms. The van der Waals surface area contributed by atoms with Gasteiger partial charge in [0, 0.05) is 42.5 Å². The van der Waals surface area contributed by atoms with Crippen molar-refractivity contribution in [3.8, 4) is 11.4 Å². The summed E-state index contributed by atoms with van der Waals surface area (Å²) in [6, 6.07) is 20.9. The predicted octanol–water partition coefficient (Wildman–Crippen LogP) is 5.17. The third-order valence-corrected chi connectivity index (χ3v) is 6.15. The van der Waals surface area contributed by atoms with Gasteiger partial charge in [-0.15, -0.1) is 10.2 Å². The maximum Gasteiger partial charge on any atom is 0.191 e. The zero-order valence-electron chi connectivity index (χ0n) is 17.0. The van der Waals surface area contributed by atoms with Gasteiger partial charge in [-0.25, -0.2) is 0 Å². The molecule has 2 heterocycles. The fraction of sp³-hybridized carbons (Fsp3) is 0.261. The predicted molar refractivity (Wildman–Crippen MR) is 121 cm³/mol. The van der Waals surface area contributed by atoms with Gasteiger partial charge in [0.15, 0.2) is 11.0 Å². The van der Waals surface area contributed by atoms with E-state index in [1.807, 2.05) is 25.2 Å². The van der Waals surface area contributed by atoms with Crippen molar-refractivity contribution >= 4 is 28.4 Å². The molecule has 0 fully saturated rings. The summed E-state index contributed by atoms with van der Waals surface area (Å²) in [5, 5.41) is 10.9. The number of nitrogens with zero attached hydrogens (tertiary/aromatic N) is 5. The molecular weight excluding hydrogens is 378 g/mol. The molecule has 0 radical (unpaired) electrons. The summed E-state index contributed by atoms with van der Waals surface area (Å²) in [6.07, 6.45) is 0. The summed E-state index contributed by atoms with van der Waals surface area (Å²) in [5.74, 6) is 1.64. The minimum atomic E-state index is 0.762. The molecule has 4 rings (SSSR count). The number of benzene rings is 2. The molecule has 4 aromatic rings. The number of para-hydroxylation sites is 1. The Morgan fingerprint density at radius 3 is 2.41 bits per heavy atom. The second kappa shape index (κ2) is 8.66. The highest BCUT2D eigenvalue weighted by Crippen LogP contribution is 2.27. The topological polar surface area (TPSA) is 46.8 Å². The Bertz CT molecular complexity index is 1100. The molecule has 0 spiro atoms. The van der Waals surface area contributed by atoms with E-state index in [1.54, 1.807) is 11.8 Å². The highest BCUT2D eigenvalue weighted by Gasteiger charge is 2.12. The Balaban J connectivity index is 1.49. The van der Waals surface area contributed by atoms with E-state index in [0.717, 1.165) is 52.0 Å². The molecule has 0 N–H and O–H groups in total. The minimum absolute atomic E-state index is 0.762. The van der Waals surface area contributed by atoms with E-state index in [-0.39, 0.29) is 0 Å². The average Bonchev–Trinajstić information content (AvgIpc) is 3.14. The first-order valence-corrected chi connectivity index (χ1v) is 10.9.